The molecular formula is C15H20FN3O3. The molecular weight excluding hydrogens is 289 g/mol. The number of nitrogens with zero attached hydrogens (tertiary/aromatic N) is 1. The Morgan fingerprint density at radius 2 is 2.14 bits per heavy atom. The molecule has 1 aromatic carbocycles. The highest BCUT2D eigenvalue weighted by Crippen LogP contribution is 2.17. The lowest BCUT2D eigenvalue weighted by Crippen LogP contribution is -2.53. The largest absolute Gasteiger partial charge is 0.375 e. The second-order valence-electron chi connectivity index (χ2n) is 5.39. The number of carbonyl (C=O) groups is 2. The minimum Gasteiger partial charge on any atom is -0.375 e. The predicted molar refractivity (Wildman–Crippen MR) is 80.3 cm³/mol. The summed E-state index contributed by atoms with van der Waals surface area (Å²) in [6.45, 7) is 2.96. The van der Waals surface area contributed by atoms with Crippen LogP contribution >= 0.6 is 0 Å². The number of rotatable bonds is 3. The van der Waals surface area contributed by atoms with Gasteiger partial charge in [-0.3, -0.25) is 9.59 Å². The van der Waals surface area contributed by atoms with Crippen LogP contribution in [0.4, 0.5) is 10.1 Å². The molecule has 1 aliphatic rings. The minimum atomic E-state index is -0.621. The summed E-state index contributed by atoms with van der Waals surface area (Å²) in [4.78, 5) is 25.4. The summed E-state index contributed by atoms with van der Waals surface area (Å²) in [5, 5.41) is 5.75. The second-order valence-corrected chi connectivity index (χ2v) is 5.39. The Hall–Kier alpha value is -1.99. The fourth-order valence-corrected chi connectivity index (χ4v) is 2.26. The zero-order chi connectivity index (χ0) is 16.3. The molecule has 1 aromatic rings. The Morgan fingerprint density at radius 3 is 2.77 bits per heavy atom. The molecule has 22 heavy (non-hydrogen) atoms. The lowest BCUT2D eigenvalue weighted by Gasteiger charge is -2.29. The monoisotopic (exact) mass is 309 g/mol. The third-order valence-corrected chi connectivity index (χ3v) is 3.47. The van der Waals surface area contributed by atoms with Crippen molar-refractivity contribution in [1.82, 2.24) is 10.2 Å². The van der Waals surface area contributed by atoms with E-state index in [0.29, 0.717) is 18.8 Å². The van der Waals surface area contributed by atoms with Crippen LogP contribution < -0.4 is 10.6 Å². The average Bonchev–Trinajstić information content (AvgIpc) is 2.48. The third kappa shape index (κ3) is 3.61. The van der Waals surface area contributed by atoms with Crippen molar-refractivity contribution in [3.8, 4) is 0 Å². The van der Waals surface area contributed by atoms with Gasteiger partial charge in [-0.05, 0) is 25.1 Å². The number of hydrogen-bond donors (Lipinski definition) is 2. The van der Waals surface area contributed by atoms with Crippen LogP contribution in [0.15, 0.2) is 18.2 Å². The molecule has 0 spiro atoms. The van der Waals surface area contributed by atoms with Gasteiger partial charge < -0.3 is 20.3 Å². The van der Waals surface area contributed by atoms with Crippen LogP contribution in [-0.4, -0.2) is 56.1 Å². The molecule has 2 amide bonds. The Labute approximate surface area is 128 Å². The number of benzene rings is 1. The van der Waals surface area contributed by atoms with Crippen molar-refractivity contribution in [2.24, 2.45) is 0 Å². The van der Waals surface area contributed by atoms with Gasteiger partial charge in [0.2, 0.25) is 5.91 Å². The number of hydrogen-bond acceptors (Lipinski definition) is 4. The molecule has 0 aromatic heterocycles. The third-order valence-electron chi connectivity index (χ3n) is 3.47. The molecule has 0 bridgehead atoms. The Kier molecular flexibility index (Phi) is 5.10. The van der Waals surface area contributed by atoms with E-state index in [4.69, 9.17) is 4.74 Å². The van der Waals surface area contributed by atoms with E-state index in [9.17, 15) is 14.0 Å². The normalized spacial score (nSPS) is 21.3. The molecule has 0 saturated carbocycles. The number of morpholine rings is 1. The Bertz CT molecular complexity index is 577. The van der Waals surface area contributed by atoms with Crippen LogP contribution in [0, 0.1) is 5.82 Å². The van der Waals surface area contributed by atoms with Crippen molar-refractivity contribution in [2.75, 3.05) is 32.6 Å². The van der Waals surface area contributed by atoms with Crippen LogP contribution in [0.2, 0.25) is 0 Å². The van der Waals surface area contributed by atoms with Crippen LogP contribution in [0.1, 0.15) is 17.3 Å². The first-order valence-electron chi connectivity index (χ1n) is 7.07. The number of halogens is 1. The molecule has 1 saturated heterocycles. The van der Waals surface area contributed by atoms with Gasteiger partial charge in [-0.1, -0.05) is 0 Å². The summed E-state index contributed by atoms with van der Waals surface area (Å²) in [6.07, 6.45) is -0.253. The predicted octanol–water partition coefficient (Wildman–Crippen LogP) is 0.843. The first-order valence-corrected chi connectivity index (χ1v) is 7.07. The standard InChI is InChI=1S/C15H20FN3O3/c1-9-13(17-6-7-22-9)14(20)18-10-4-5-12(16)11(8-10)15(21)19(2)3/h4-5,8-9,13,17H,6-7H2,1-3H3,(H,18,20)/t9-,13+/m1/s1. The van der Waals surface area contributed by atoms with E-state index in [1.807, 2.05) is 6.92 Å². The highest BCUT2D eigenvalue weighted by molar-refractivity contribution is 5.98. The minimum absolute atomic E-state index is 0.0799. The van der Waals surface area contributed by atoms with E-state index >= 15 is 0 Å². The van der Waals surface area contributed by atoms with Gasteiger partial charge >= 0.3 is 0 Å². The molecule has 0 aliphatic carbocycles. The maximum atomic E-state index is 13.7. The van der Waals surface area contributed by atoms with Crippen LogP contribution in [0.5, 0.6) is 0 Å². The van der Waals surface area contributed by atoms with Crippen molar-refractivity contribution in [3.05, 3.63) is 29.6 Å². The lowest BCUT2D eigenvalue weighted by molar-refractivity contribution is -0.123. The zero-order valence-corrected chi connectivity index (χ0v) is 12.9. The number of nitrogens with one attached hydrogen (secondary N) is 2. The highest BCUT2D eigenvalue weighted by Gasteiger charge is 2.28. The van der Waals surface area contributed by atoms with Gasteiger partial charge in [-0.25, -0.2) is 4.39 Å². The van der Waals surface area contributed by atoms with Gasteiger partial charge in [0.25, 0.3) is 5.91 Å². The van der Waals surface area contributed by atoms with Crippen molar-refractivity contribution >= 4 is 17.5 Å². The molecule has 1 fully saturated rings. The first-order chi connectivity index (χ1) is 10.4. The maximum Gasteiger partial charge on any atom is 0.256 e. The molecule has 1 heterocycles. The smallest absolute Gasteiger partial charge is 0.256 e. The zero-order valence-electron chi connectivity index (χ0n) is 12.9. The summed E-state index contributed by atoms with van der Waals surface area (Å²) in [7, 11) is 3.08. The number of anilines is 1. The summed E-state index contributed by atoms with van der Waals surface area (Å²) >= 11 is 0. The molecule has 0 radical (unpaired) electrons. The number of ether oxygens (including phenoxy) is 1. The van der Waals surface area contributed by atoms with Crippen molar-refractivity contribution in [2.45, 2.75) is 19.1 Å². The van der Waals surface area contributed by atoms with Crippen molar-refractivity contribution < 1.29 is 18.7 Å². The first kappa shape index (κ1) is 16.4. The fraction of sp³-hybridized carbons (Fsp3) is 0.467. The summed E-state index contributed by atoms with van der Waals surface area (Å²) in [6, 6.07) is 3.45. The van der Waals surface area contributed by atoms with E-state index in [0.717, 1.165) is 0 Å². The van der Waals surface area contributed by atoms with E-state index in [1.165, 1.54) is 37.2 Å². The molecule has 120 valence electrons. The molecule has 1 aliphatic heterocycles. The lowest BCUT2D eigenvalue weighted by atomic mass is 10.1. The van der Waals surface area contributed by atoms with Gasteiger partial charge in [0, 0.05) is 26.3 Å². The van der Waals surface area contributed by atoms with Crippen LogP contribution in [0.25, 0.3) is 0 Å². The molecule has 0 unspecified atom stereocenters. The van der Waals surface area contributed by atoms with Crippen LogP contribution in [0.3, 0.4) is 0 Å². The van der Waals surface area contributed by atoms with E-state index in [2.05, 4.69) is 10.6 Å². The van der Waals surface area contributed by atoms with Crippen molar-refractivity contribution in [1.29, 1.82) is 0 Å². The Morgan fingerprint density at radius 1 is 1.41 bits per heavy atom. The van der Waals surface area contributed by atoms with Gasteiger partial charge in [-0.15, -0.1) is 0 Å². The van der Waals surface area contributed by atoms with Gasteiger partial charge in [-0.2, -0.15) is 0 Å². The molecule has 2 rings (SSSR count). The van der Waals surface area contributed by atoms with Gasteiger partial charge in [0.1, 0.15) is 11.9 Å². The second kappa shape index (κ2) is 6.85. The molecule has 6 nitrogen and oxygen atoms in total. The van der Waals surface area contributed by atoms with Crippen LogP contribution in [-0.2, 0) is 9.53 Å². The molecule has 2 N–H and O–H groups in total. The average molecular weight is 309 g/mol. The quantitative estimate of drug-likeness (QED) is 0.868. The van der Waals surface area contributed by atoms with E-state index in [-0.39, 0.29) is 17.6 Å². The topological polar surface area (TPSA) is 70.7 Å². The molecule has 2 atom stereocenters. The Balaban J connectivity index is 2.14. The highest BCUT2D eigenvalue weighted by atomic mass is 19.1. The summed E-state index contributed by atoms with van der Waals surface area (Å²) < 4.78 is 19.2. The summed E-state index contributed by atoms with van der Waals surface area (Å²) in [5.41, 5.74) is 0.292. The van der Waals surface area contributed by atoms with E-state index < -0.39 is 17.8 Å². The van der Waals surface area contributed by atoms with E-state index in [1.54, 1.807) is 0 Å². The SMILES string of the molecule is C[C@H]1OCCN[C@@H]1C(=O)Nc1ccc(F)c(C(=O)N(C)C)c1. The van der Waals surface area contributed by atoms with Crippen molar-refractivity contribution in [3.63, 3.8) is 0 Å². The maximum absolute atomic E-state index is 13.7. The molecule has 7 heteroatoms. The number of carbonyl (C=O) groups excluding carboxylic acids is 2. The summed E-state index contributed by atoms with van der Waals surface area (Å²) in [5.74, 6) is -1.35. The number of amides is 2. The fourth-order valence-electron chi connectivity index (χ4n) is 2.26. The van der Waals surface area contributed by atoms with Gasteiger partial charge in [0.05, 0.1) is 18.3 Å². The van der Waals surface area contributed by atoms with Gasteiger partial charge in [0.15, 0.2) is 0 Å².